The second-order valence-electron chi connectivity index (χ2n) is 9.69. The average Bonchev–Trinajstić information content (AvgIpc) is 3.32. The van der Waals surface area contributed by atoms with E-state index in [1.165, 1.54) is 19.1 Å². The summed E-state index contributed by atoms with van der Waals surface area (Å²) in [5, 5.41) is 4.40. The van der Waals surface area contributed by atoms with E-state index in [-0.39, 0.29) is 18.1 Å². The summed E-state index contributed by atoms with van der Waals surface area (Å²) in [6.45, 7) is 3.23. The molecule has 1 N–H and O–H groups in total. The van der Waals surface area contributed by atoms with Crippen LogP contribution in [0, 0.1) is 11.6 Å². The highest BCUT2D eigenvalue weighted by atomic mass is 35.5. The van der Waals surface area contributed by atoms with Gasteiger partial charge in [0.05, 0.1) is 11.7 Å². The molecule has 0 fully saturated rings. The Hall–Kier alpha value is -4.36. The summed E-state index contributed by atoms with van der Waals surface area (Å²) >= 11 is 6.10. The molecule has 0 spiro atoms. The van der Waals surface area contributed by atoms with E-state index in [9.17, 15) is 18.4 Å². The normalized spacial score (nSPS) is 12.7. The van der Waals surface area contributed by atoms with Crippen molar-refractivity contribution in [3.63, 3.8) is 0 Å². The number of halogens is 3. The molecular weight excluding hydrogens is 532 g/mol. The summed E-state index contributed by atoms with van der Waals surface area (Å²) in [5.41, 5.74) is 3.76. The monoisotopic (exact) mass is 557 g/mol. The van der Waals surface area contributed by atoms with Crippen LogP contribution in [-0.2, 0) is 11.2 Å². The summed E-state index contributed by atoms with van der Waals surface area (Å²) in [4.78, 5) is 30.6. The summed E-state index contributed by atoms with van der Waals surface area (Å²) < 4.78 is 30.0. The van der Waals surface area contributed by atoms with Gasteiger partial charge in [0, 0.05) is 45.5 Å². The molecule has 2 atom stereocenters. The van der Waals surface area contributed by atoms with Crippen molar-refractivity contribution in [1.29, 1.82) is 0 Å². The molecule has 5 aromatic rings. The van der Waals surface area contributed by atoms with Crippen LogP contribution in [0.2, 0.25) is 5.02 Å². The van der Waals surface area contributed by atoms with E-state index in [4.69, 9.17) is 11.6 Å². The predicted molar refractivity (Wildman–Crippen MR) is 152 cm³/mol. The first-order valence-corrected chi connectivity index (χ1v) is 13.2. The molecule has 0 aliphatic rings. The SMILES string of the molecule is CC(=O)c1cn(C(C)C(=O)N[C@@H](Cc2cc(F)cc(F)c2)c2ncccc2-c2ccc(Cl)cc2)c2ccccc12. The van der Waals surface area contributed by atoms with Crippen LogP contribution >= 0.6 is 11.6 Å². The van der Waals surface area contributed by atoms with E-state index in [2.05, 4.69) is 10.3 Å². The van der Waals surface area contributed by atoms with Gasteiger partial charge in [0.25, 0.3) is 0 Å². The Morgan fingerprint density at radius 2 is 1.68 bits per heavy atom. The van der Waals surface area contributed by atoms with Crippen LogP contribution in [0.1, 0.15) is 47.5 Å². The van der Waals surface area contributed by atoms with Crippen molar-refractivity contribution in [1.82, 2.24) is 14.9 Å². The number of Topliss-reactive ketones (excluding diaryl/α,β-unsaturated/α-hetero) is 1. The number of nitrogens with one attached hydrogen (secondary N) is 1. The standard InChI is InChI=1S/C32H26ClF2N3O2/c1-19(38-18-28(20(2)39)27-6-3-4-8-30(27)38)32(40)37-29(16-21-14-24(34)17-25(35)15-21)31-26(7-5-13-36-31)22-9-11-23(33)12-10-22/h3-15,17-19,29H,16H2,1-2H3,(H,37,40)/t19?,29-/m0/s1. The van der Waals surface area contributed by atoms with E-state index in [0.29, 0.717) is 21.8 Å². The number of fused-ring (bicyclic) bond motifs is 1. The predicted octanol–water partition coefficient (Wildman–Crippen LogP) is 7.50. The smallest absolute Gasteiger partial charge is 0.243 e. The van der Waals surface area contributed by atoms with Gasteiger partial charge < -0.3 is 9.88 Å². The minimum absolute atomic E-state index is 0.0931. The molecule has 0 radical (unpaired) electrons. The molecule has 0 saturated heterocycles. The molecule has 8 heteroatoms. The quantitative estimate of drug-likeness (QED) is 0.201. The first-order chi connectivity index (χ1) is 19.2. The molecule has 0 aliphatic carbocycles. The number of para-hydroxylation sites is 1. The van der Waals surface area contributed by atoms with Crippen LogP contribution in [0.15, 0.2) is 91.3 Å². The maximum absolute atomic E-state index is 14.1. The fraction of sp³-hybridized carbons (Fsp3) is 0.156. The zero-order chi connectivity index (χ0) is 28.4. The molecule has 3 aromatic carbocycles. The molecule has 1 unspecified atom stereocenters. The fourth-order valence-electron chi connectivity index (χ4n) is 4.97. The molecular formula is C32H26ClF2N3O2. The number of nitrogens with zero attached hydrogens (tertiary/aromatic N) is 2. The van der Waals surface area contributed by atoms with Crippen molar-refractivity contribution < 1.29 is 18.4 Å². The Balaban J connectivity index is 1.55. The van der Waals surface area contributed by atoms with E-state index in [1.807, 2.05) is 42.5 Å². The lowest BCUT2D eigenvalue weighted by molar-refractivity contribution is -0.124. The van der Waals surface area contributed by atoms with Crippen LogP contribution in [0.4, 0.5) is 8.78 Å². The van der Waals surface area contributed by atoms with E-state index in [0.717, 1.165) is 28.1 Å². The van der Waals surface area contributed by atoms with E-state index < -0.39 is 23.7 Å². The zero-order valence-electron chi connectivity index (χ0n) is 21.9. The van der Waals surface area contributed by atoms with Crippen molar-refractivity contribution in [3.05, 3.63) is 125 Å². The summed E-state index contributed by atoms with van der Waals surface area (Å²) in [5.74, 6) is -1.86. The number of hydrogen-bond donors (Lipinski definition) is 1. The molecule has 40 heavy (non-hydrogen) atoms. The van der Waals surface area contributed by atoms with Gasteiger partial charge in [0.1, 0.15) is 17.7 Å². The summed E-state index contributed by atoms with van der Waals surface area (Å²) in [6, 6.07) is 20.1. The number of carbonyl (C=O) groups excluding carboxylic acids is 2. The van der Waals surface area contributed by atoms with Crippen LogP contribution in [0.3, 0.4) is 0 Å². The molecule has 0 saturated carbocycles. The first-order valence-electron chi connectivity index (χ1n) is 12.8. The van der Waals surface area contributed by atoms with E-state index >= 15 is 0 Å². The second-order valence-corrected chi connectivity index (χ2v) is 10.1. The lowest BCUT2D eigenvalue weighted by atomic mass is 9.95. The average molecular weight is 558 g/mol. The molecule has 202 valence electrons. The summed E-state index contributed by atoms with van der Waals surface area (Å²) in [6.07, 6.45) is 3.39. The van der Waals surface area contributed by atoms with Gasteiger partial charge in [-0.05, 0) is 67.8 Å². The van der Waals surface area contributed by atoms with Crippen LogP contribution in [0.25, 0.3) is 22.0 Å². The van der Waals surface area contributed by atoms with Crippen molar-refractivity contribution in [2.24, 2.45) is 0 Å². The number of hydrogen-bond acceptors (Lipinski definition) is 3. The van der Waals surface area contributed by atoms with E-state index in [1.54, 1.807) is 42.1 Å². The minimum atomic E-state index is -0.725. The fourth-order valence-corrected chi connectivity index (χ4v) is 5.10. The molecule has 1 amide bonds. The number of pyridine rings is 1. The molecule has 2 aromatic heterocycles. The Labute approximate surface area is 235 Å². The number of benzene rings is 3. The highest BCUT2D eigenvalue weighted by Gasteiger charge is 2.26. The molecule has 5 rings (SSSR count). The van der Waals surface area contributed by atoms with Gasteiger partial charge in [-0.25, -0.2) is 8.78 Å². The van der Waals surface area contributed by atoms with Gasteiger partial charge in [0.15, 0.2) is 5.78 Å². The number of amides is 1. The van der Waals surface area contributed by atoms with Gasteiger partial charge in [-0.2, -0.15) is 0 Å². The lowest BCUT2D eigenvalue weighted by Crippen LogP contribution is -2.35. The Bertz CT molecular complexity index is 1700. The summed E-state index contributed by atoms with van der Waals surface area (Å²) in [7, 11) is 0. The van der Waals surface area contributed by atoms with Crippen LogP contribution in [-0.4, -0.2) is 21.2 Å². The van der Waals surface area contributed by atoms with Gasteiger partial charge >= 0.3 is 0 Å². The van der Waals surface area contributed by atoms with Crippen LogP contribution in [0.5, 0.6) is 0 Å². The molecule has 0 aliphatic heterocycles. The third-order valence-corrected chi connectivity index (χ3v) is 7.17. The number of carbonyl (C=O) groups is 2. The largest absolute Gasteiger partial charge is 0.346 e. The Morgan fingerprint density at radius 1 is 0.975 bits per heavy atom. The number of rotatable bonds is 8. The van der Waals surface area contributed by atoms with Gasteiger partial charge in [0.2, 0.25) is 5.91 Å². The molecule has 2 heterocycles. The number of aromatic nitrogens is 2. The lowest BCUT2D eigenvalue weighted by Gasteiger charge is -2.24. The third kappa shape index (κ3) is 5.65. The molecule has 0 bridgehead atoms. The molecule has 5 nitrogen and oxygen atoms in total. The zero-order valence-corrected chi connectivity index (χ0v) is 22.6. The first kappa shape index (κ1) is 27.2. The van der Waals surface area contributed by atoms with Gasteiger partial charge in [-0.1, -0.05) is 48.0 Å². The van der Waals surface area contributed by atoms with Crippen LogP contribution < -0.4 is 5.32 Å². The van der Waals surface area contributed by atoms with Crippen molar-refractivity contribution >= 4 is 34.2 Å². The second kappa shape index (κ2) is 11.4. The Morgan fingerprint density at radius 3 is 2.38 bits per heavy atom. The minimum Gasteiger partial charge on any atom is -0.346 e. The topological polar surface area (TPSA) is 64.0 Å². The van der Waals surface area contributed by atoms with Gasteiger partial charge in [-0.15, -0.1) is 0 Å². The van der Waals surface area contributed by atoms with Crippen molar-refractivity contribution in [2.45, 2.75) is 32.4 Å². The van der Waals surface area contributed by atoms with Gasteiger partial charge in [-0.3, -0.25) is 14.6 Å². The highest BCUT2D eigenvalue weighted by Crippen LogP contribution is 2.31. The number of ketones is 1. The maximum Gasteiger partial charge on any atom is 0.243 e. The van der Waals surface area contributed by atoms with Crippen molar-refractivity contribution in [2.75, 3.05) is 0 Å². The van der Waals surface area contributed by atoms with Crippen molar-refractivity contribution in [3.8, 4) is 11.1 Å². The highest BCUT2D eigenvalue weighted by molar-refractivity contribution is 6.30. The maximum atomic E-state index is 14.1. The Kier molecular flexibility index (Phi) is 7.76. The third-order valence-electron chi connectivity index (χ3n) is 6.92.